The van der Waals surface area contributed by atoms with Crippen molar-refractivity contribution in [1.82, 2.24) is 0 Å². The minimum atomic E-state index is -4.66. The van der Waals surface area contributed by atoms with Crippen LogP contribution in [0.2, 0.25) is 0 Å². The molecule has 0 aliphatic carbocycles. The van der Waals surface area contributed by atoms with Gasteiger partial charge in [0.2, 0.25) is 0 Å². The highest BCUT2D eigenvalue weighted by atomic mass is 32.2. The maximum Gasteiger partial charge on any atom is 0.416 e. The van der Waals surface area contributed by atoms with Crippen molar-refractivity contribution in [2.24, 2.45) is 0 Å². The SMILES string of the molecule is O=S1(=O)c2cc(O)c(O)cc2-c2ccc(C(F)(F)F)cc2N1Cc1ccccc1. The topological polar surface area (TPSA) is 77.8 Å². The van der Waals surface area contributed by atoms with Crippen LogP contribution in [0.15, 0.2) is 65.6 Å². The summed E-state index contributed by atoms with van der Waals surface area (Å²) < 4.78 is 67.2. The van der Waals surface area contributed by atoms with Gasteiger partial charge in [0.25, 0.3) is 10.0 Å². The Bertz CT molecular complexity index is 1210. The number of sulfonamides is 1. The Kier molecular flexibility index (Phi) is 4.23. The van der Waals surface area contributed by atoms with Gasteiger partial charge in [0.1, 0.15) is 0 Å². The summed E-state index contributed by atoms with van der Waals surface area (Å²) in [4.78, 5) is -0.295. The first-order valence-electron chi connectivity index (χ1n) is 8.43. The molecule has 0 bridgehead atoms. The molecule has 9 heteroatoms. The zero-order valence-electron chi connectivity index (χ0n) is 14.7. The third-order valence-electron chi connectivity index (χ3n) is 4.70. The van der Waals surface area contributed by atoms with E-state index < -0.39 is 33.3 Å². The zero-order valence-corrected chi connectivity index (χ0v) is 15.5. The van der Waals surface area contributed by atoms with E-state index in [0.29, 0.717) is 5.56 Å². The second-order valence-electron chi connectivity index (χ2n) is 6.56. The molecular formula is C20H14F3NO4S. The molecule has 0 spiro atoms. The van der Waals surface area contributed by atoms with Crippen molar-refractivity contribution < 1.29 is 31.8 Å². The Labute approximate surface area is 164 Å². The predicted molar refractivity (Wildman–Crippen MR) is 100 cm³/mol. The lowest BCUT2D eigenvalue weighted by Crippen LogP contribution is -2.34. The fourth-order valence-electron chi connectivity index (χ4n) is 3.29. The molecule has 2 N–H and O–H groups in total. The second-order valence-corrected chi connectivity index (χ2v) is 8.39. The van der Waals surface area contributed by atoms with E-state index in [1.807, 2.05) is 0 Å². The van der Waals surface area contributed by atoms with E-state index in [1.54, 1.807) is 30.3 Å². The summed E-state index contributed by atoms with van der Waals surface area (Å²) in [5.74, 6) is -1.20. The van der Waals surface area contributed by atoms with Gasteiger partial charge in [0.05, 0.1) is 22.7 Å². The fraction of sp³-hybridized carbons (Fsp3) is 0.100. The molecule has 0 atom stereocenters. The number of aromatic hydroxyl groups is 2. The van der Waals surface area contributed by atoms with Crippen molar-refractivity contribution in [3.8, 4) is 22.6 Å². The van der Waals surface area contributed by atoms with Gasteiger partial charge in [-0.2, -0.15) is 13.2 Å². The minimum Gasteiger partial charge on any atom is -0.504 e. The monoisotopic (exact) mass is 421 g/mol. The lowest BCUT2D eigenvalue weighted by molar-refractivity contribution is -0.137. The molecule has 1 aliphatic heterocycles. The highest BCUT2D eigenvalue weighted by Crippen LogP contribution is 2.48. The molecule has 29 heavy (non-hydrogen) atoms. The van der Waals surface area contributed by atoms with Gasteiger partial charge in [-0.25, -0.2) is 8.42 Å². The lowest BCUT2D eigenvalue weighted by atomic mass is 10.00. The van der Waals surface area contributed by atoms with E-state index in [0.717, 1.165) is 28.6 Å². The number of hydrogen-bond donors (Lipinski definition) is 2. The van der Waals surface area contributed by atoms with E-state index in [9.17, 15) is 31.8 Å². The van der Waals surface area contributed by atoms with Crippen LogP contribution in [0.1, 0.15) is 11.1 Å². The van der Waals surface area contributed by atoms with Crippen molar-refractivity contribution in [3.63, 3.8) is 0 Å². The largest absolute Gasteiger partial charge is 0.504 e. The van der Waals surface area contributed by atoms with Crippen molar-refractivity contribution in [3.05, 3.63) is 71.8 Å². The first-order valence-corrected chi connectivity index (χ1v) is 9.87. The molecule has 0 unspecified atom stereocenters. The van der Waals surface area contributed by atoms with E-state index in [-0.39, 0.29) is 28.3 Å². The number of nitrogens with zero attached hydrogens (tertiary/aromatic N) is 1. The lowest BCUT2D eigenvalue weighted by Gasteiger charge is -2.33. The molecule has 0 saturated carbocycles. The molecule has 0 fully saturated rings. The maximum atomic E-state index is 13.3. The predicted octanol–water partition coefficient (Wildman–Crippen LogP) is 4.49. The average molecular weight is 421 g/mol. The number of phenolic OH excluding ortho intramolecular Hbond substituents is 2. The van der Waals surface area contributed by atoms with E-state index in [2.05, 4.69) is 0 Å². The Balaban J connectivity index is 2.00. The Morgan fingerprint density at radius 1 is 0.862 bits per heavy atom. The summed E-state index contributed by atoms with van der Waals surface area (Å²) >= 11 is 0. The number of halogens is 3. The minimum absolute atomic E-state index is 0.0216. The molecular weight excluding hydrogens is 407 g/mol. The standard InChI is InChI=1S/C20H14F3NO4S/c21-20(22,23)13-6-7-14-15-9-17(25)18(26)10-19(15)29(27,28)24(16(14)8-13)11-12-4-2-1-3-5-12/h1-10,25-26H,11H2. The van der Waals surface area contributed by atoms with Gasteiger partial charge in [0.15, 0.2) is 11.5 Å². The molecule has 3 aromatic rings. The average Bonchev–Trinajstić information content (AvgIpc) is 2.66. The number of alkyl halides is 3. The van der Waals surface area contributed by atoms with E-state index >= 15 is 0 Å². The highest BCUT2D eigenvalue weighted by Gasteiger charge is 2.39. The third kappa shape index (κ3) is 3.17. The molecule has 0 amide bonds. The van der Waals surface area contributed by atoms with Crippen LogP contribution in [0.4, 0.5) is 18.9 Å². The van der Waals surface area contributed by atoms with Crippen LogP contribution in [0.3, 0.4) is 0 Å². The molecule has 1 aliphatic rings. The van der Waals surface area contributed by atoms with Crippen LogP contribution in [-0.2, 0) is 22.7 Å². The fourth-order valence-corrected chi connectivity index (χ4v) is 4.97. The van der Waals surface area contributed by atoms with Gasteiger partial charge in [-0.1, -0.05) is 36.4 Å². The number of rotatable bonds is 2. The Hall–Kier alpha value is -3.20. The van der Waals surface area contributed by atoms with Crippen LogP contribution in [0, 0.1) is 0 Å². The molecule has 0 saturated heterocycles. The van der Waals surface area contributed by atoms with E-state index in [4.69, 9.17) is 0 Å². The Morgan fingerprint density at radius 3 is 2.17 bits per heavy atom. The summed E-state index contributed by atoms with van der Waals surface area (Å²) in [7, 11) is -4.30. The smallest absolute Gasteiger partial charge is 0.416 e. The number of fused-ring (bicyclic) bond motifs is 3. The Morgan fingerprint density at radius 2 is 1.52 bits per heavy atom. The summed E-state index contributed by atoms with van der Waals surface area (Å²) in [6.07, 6.45) is -4.66. The molecule has 0 aromatic heterocycles. The first kappa shape index (κ1) is 19.1. The third-order valence-corrected chi connectivity index (χ3v) is 6.50. The number of benzene rings is 3. The van der Waals surface area contributed by atoms with Crippen LogP contribution in [0.25, 0.3) is 11.1 Å². The molecule has 150 valence electrons. The van der Waals surface area contributed by atoms with Crippen LogP contribution in [0.5, 0.6) is 11.5 Å². The number of hydrogen-bond acceptors (Lipinski definition) is 4. The molecule has 0 radical (unpaired) electrons. The van der Waals surface area contributed by atoms with E-state index in [1.165, 1.54) is 6.07 Å². The summed E-state index contributed by atoms with van der Waals surface area (Å²) in [6, 6.07) is 13.2. The van der Waals surface area contributed by atoms with Crippen molar-refractivity contribution in [2.75, 3.05) is 4.31 Å². The van der Waals surface area contributed by atoms with Gasteiger partial charge >= 0.3 is 6.18 Å². The second kappa shape index (κ2) is 6.41. The van der Waals surface area contributed by atoms with Gasteiger partial charge < -0.3 is 10.2 Å². The molecule has 1 heterocycles. The van der Waals surface area contributed by atoms with Crippen LogP contribution in [-0.4, -0.2) is 18.6 Å². The van der Waals surface area contributed by atoms with Gasteiger partial charge in [0, 0.05) is 17.2 Å². The highest BCUT2D eigenvalue weighted by molar-refractivity contribution is 7.93. The first-order chi connectivity index (χ1) is 13.6. The quantitative estimate of drug-likeness (QED) is 0.598. The maximum absolute atomic E-state index is 13.3. The molecule has 5 nitrogen and oxygen atoms in total. The van der Waals surface area contributed by atoms with Crippen LogP contribution >= 0.6 is 0 Å². The summed E-state index contributed by atoms with van der Waals surface area (Å²) in [5, 5.41) is 19.6. The summed E-state index contributed by atoms with van der Waals surface area (Å²) in [6.45, 7) is -0.196. The number of phenols is 2. The molecule has 3 aromatic carbocycles. The zero-order chi connectivity index (χ0) is 21.0. The van der Waals surface area contributed by atoms with Crippen molar-refractivity contribution in [2.45, 2.75) is 17.6 Å². The normalized spacial score (nSPS) is 14.9. The van der Waals surface area contributed by atoms with Gasteiger partial charge in [-0.15, -0.1) is 0 Å². The molecule has 4 rings (SSSR count). The summed E-state index contributed by atoms with van der Waals surface area (Å²) in [5.41, 5.74) is -0.342. The van der Waals surface area contributed by atoms with Gasteiger partial charge in [-0.3, -0.25) is 4.31 Å². The van der Waals surface area contributed by atoms with Gasteiger partial charge in [-0.05, 0) is 23.8 Å². The van der Waals surface area contributed by atoms with Crippen molar-refractivity contribution >= 4 is 15.7 Å². The van der Waals surface area contributed by atoms with Crippen LogP contribution < -0.4 is 4.31 Å². The number of anilines is 1. The van der Waals surface area contributed by atoms with Crippen molar-refractivity contribution in [1.29, 1.82) is 0 Å².